The minimum Gasteiger partial charge on any atom is -0.454 e. The minimum atomic E-state index is -1.69. The van der Waals surface area contributed by atoms with Crippen molar-refractivity contribution in [2.75, 3.05) is 6.61 Å². The number of fused-ring (bicyclic) bond motifs is 10. The first-order chi connectivity index (χ1) is 17.8. The van der Waals surface area contributed by atoms with Gasteiger partial charge in [0.2, 0.25) is 0 Å². The number of para-hydroxylation sites is 1. The smallest absolute Gasteiger partial charge is 0.259 e. The quantitative estimate of drug-likeness (QED) is 0.227. The van der Waals surface area contributed by atoms with Gasteiger partial charge in [0.05, 0.1) is 28.8 Å². The third-order valence-electron chi connectivity index (χ3n) is 7.33. The zero-order chi connectivity index (χ0) is 25.7. The van der Waals surface area contributed by atoms with Gasteiger partial charge in [-0.15, -0.1) is 0 Å². The Hall–Kier alpha value is -3.87. The standard InChI is InChI=1S/C26H19FN2O8/c27-9-5-6-12-11(7-9)15-17-18(25(35)28-24(17)34)16-10-3-1-2-4-13(10)36-23(16)19(15)29(12)26-22(33)21(32)20(31)14(8-30)37-26/h1-7,14,20-22,26,30-33H,8H2,(H,28,34,35). The van der Waals surface area contributed by atoms with Crippen molar-refractivity contribution >= 4 is 55.6 Å². The second kappa shape index (κ2) is 7.57. The molecule has 5 atom stereocenters. The Morgan fingerprint density at radius 1 is 0.919 bits per heavy atom. The molecule has 188 valence electrons. The molecule has 5 unspecified atom stereocenters. The molecule has 37 heavy (non-hydrogen) atoms. The van der Waals surface area contributed by atoms with Crippen LogP contribution in [0, 0.1) is 5.82 Å². The SMILES string of the molecule is O=C1NC(=O)c2c1c1c3ccccc3oc1c1c2c2cc(F)ccc2n1C1OC(CO)C(O)C(O)C1O. The number of carbonyl (C=O) groups excluding carboxylic acids is 2. The molecule has 2 amide bonds. The van der Waals surface area contributed by atoms with Gasteiger partial charge in [-0.1, -0.05) is 18.2 Å². The van der Waals surface area contributed by atoms with Gasteiger partial charge in [0, 0.05) is 21.5 Å². The zero-order valence-corrected chi connectivity index (χ0v) is 18.9. The molecule has 4 heterocycles. The lowest BCUT2D eigenvalue weighted by Gasteiger charge is -2.41. The number of imide groups is 1. The molecule has 0 bridgehead atoms. The molecule has 3 aromatic carbocycles. The molecular weight excluding hydrogens is 487 g/mol. The summed E-state index contributed by atoms with van der Waals surface area (Å²) < 4.78 is 28.1. The molecule has 2 aliphatic rings. The van der Waals surface area contributed by atoms with Gasteiger partial charge in [-0.25, -0.2) is 4.39 Å². The van der Waals surface area contributed by atoms with E-state index >= 15 is 0 Å². The van der Waals surface area contributed by atoms with E-state index in [4.69, 9.17) is 9.15 Å². The number of nitrogens with zero attached hydrogens (tertiary/aromatic N) is 1. The van der Waals surface area contributed by atoms with Crippen LogP contribution in [0.15, 0.2) is 46.9 Å². The van der Waals surface area contributed by atoms with E-state index in [1.807, 2.05) is 0 Å². The number of benzene rings is 3. The maximum Gasteiger partial charge on any atom is 0.259 e. The molecule has 7 rings (SSSR count). The molecule has 0 aliphatic carbocycles. The topological polar surface area (TPSA) is 154 Å². The first kappa shape index (κ1) is 22.3. The molecule has 5 aromatic rings. The highest BCUT2D eigenvalue weighted by Gasteiger charge is 2.46. The van der Waals surface area contributed by atoms with Crippen LogP contribution >= 0.6 is 0 Å². The number of aromatic nitrogens is 1. The van der Waals surface area contributed by atoms with Crippen LogP contribution in [0.25, 0.3) is 43.7 Å². The van der Waals surface area contributed by atoms with Gasteiger partial charge in [-0.2, -0.15) is 0 Å². The molecule has 5 N–H and O–H groups in total. The Bertz CT molecular complexity index is 1810. The molecule has 0 saturated carbocycles. The fourth-order valence-corrected chi connectivity index (χ4v) is 5.72. The van der Waals surface area contributed by atoms with Crippen LogP contribution in [-0.4, -0.2) is 67.8 Å². The molecule has 0 spiro atoms. The van der Waals surface area contributed by atoms with Crippen molar-refractivity contribution in [3.63, 3.8) is 0 Å². The number of hydrogen-bond donors (Lipinski definition) is 5. The van der Waals surface area contributed by atoms with Crippen LogP contribution in [0.3, 0.4) is 0 Å². The van der Waals surface area contributed by atoms with Crippen LogP contribution in [0.1, 0.15) is 26.9 Å². The highest BCUT2D eigenvalue weighted by molar-refractivity contribution is 6.38. The van der Waals surface area contributed by atoms with Gasteiger partial charge >= 0.3 is 0 Å². The van der Waals surface area contributed by atoms with Crippen LogP contribution < -0.4 is 5.32 Å². The number of aliphatic hydroxyl groups is 4. The van der Waals surface area contributed by atoms with Crippen LogP contribution in [0.5, 0.6) is 0 Å². The zero-order valence-electron chi connectivity index (χ0n) is 18.9. The Labute approximate surface area is 206 Å². The molecule has 2 aliphatic heterocycles. The Morgan fingerprint density at radius 2 is 1.65 bits per heavy atom. The summed E-state index contributed by atoms with van der Waals surface area (Å²) in [5, 5.41) is 45.3. The fourth-order valence-electron chi connectivity index (χ4n) is 5.72. The summed E-state index contributed by atoms with van der Waals surface area (Å²) in [4.78, 5) is 26.1. The van der Waals surface area contributed by atoms with E-state index in [0.29, 0.717) is 21.9 Å². The summed E-state index contributed by atoms with van der Waals surface area (Å²) in [6, 6.07) is 10.7. The lowest BCUT2D eigenvalue weighted by molar-refractivity contribution is -0.249. The van der Waals surface area contributed by atoms with Crippen molar-refractivity contribution in [1.82, 2.24) is 9.88 Å². The number of amides is 2. The van der Waals surface area contributed by atoms with Crippen molar-refractivity contribution in [2.24, 2.45) is 0 Å². The van der Waals surface area contributed by atoms with Crippen molar-refractivity contribution in [1.29, 1.82) is 0 Å². The third kappa shape index (κ3) is 2.80. The maximum atomic E-state index is 14.5. The number of nitrogens with one attached hydrogen (secondary N) is 1. The summed E-state index contributed by atoms with van der Waals surface area (Å²) >= 11 is 0. The average Bonchev–Trinajstić information content (AvgIpc) is 3.52. The van der Waals surface area contributed by atoms with Crippen molar-refractivity contribution < 1.29 is 43.6 Å². The van der Waals surface area contributed by atoms with Gasteiger partial charge < -0.3 is 34.1 Å². The second-order valence-corrected chi connectivity index (χ2v) is 9.31. The molecule has 1 saturated heterocycles. The van der Waals surface area contributed by atoms with Crippen molar-refractivity contribution in [2.45, 2.75) is 30.6 Å². The van der Waals surface area contributed by atoms with Gasteiger partial charge in [0.15, 0.2) is 11.8 Å². The first-order valence-electron chi connectivity index (χ1n) is 11.6. The number of hydrogen-bond acceptors (Lipinski definition) is 8. The molecule has 0 radical (unpaired) electrons. The van der Waals surface area contributed by atoms with E-state index in [0.717, 1.165) is 0 Å². The largest absolute Gasteiger partial charge is 0.454 e. The number of ether oxygens (including phenoxy) is 1. The molecule has 1 fully saturated rings. The van der Waals surface area contributed by atoms with E-state index in [1.54, 1.807) is 24.3 Å². The van der Waals surface area contributed by atoms with Crippen molar-refractivity contribution in [3.05, 3.63) is 59.4 Å². The lowest BCUT2D eigenvalue weighted by atomic mass is 9.96. The first-order valence-corrected chi connectivity index (χ1v) is 11.6. The van der Waals surface area contributed by atoms with E-state index in [2.05, 4.69) is 5.32 Å². The monoisotopic (exact) mass is 506 g/mol. The normalized spacial score (nSPS) is 26.0. The summed E-state index contributed by atoms with van der Waals surface area (Å²) in [5.41, 5.74) is 1.26. The van der Waals surface area contributed by atoms with Crippen molar-refractivity contribution in [3.8, 4) is 0 Å². The second-order valence-electron chi connectivity index (χ2n) is 9.31. The van der Waals surface area contributed by atoms with E-state index < -0.39 is 54.9 Å². The predicted molar refractivity (Wildman–Crippen MR) is 127 cm³/mol. The summed E-state index contributed by atoms with van der Waals surface area (Å²) in [6.45, 7) is -0.653. The Balaban J connectivity index is 1.71. The molecule has 11 heteroatoms. The highest BCUT2D eigenvalue weighted by Crippen LogP contribution is 2.47. The summed E-state index contributed by atoms with van der Waals surface area (Å²) in [6.07, 6.45) is -7.56. The summed E-state index contributed by atoms with van der Waals surface area (Å²) in [7, 11) is 0. The molecule has 10 nitrogen and oxygen atoms in total. The molecular formula is C26H19FN2O8. The number of rotatable bonds is 2. The average molecular weight is 506 g/mol. The van der Waals surface area contributed by atoms with E-state index in [9.17, 15) is 34.4 Å². The highest BCUT2D eigenvalue weighted by atomic mass is 19.1. The summed E-state index contributed by atoms with van der Waals surface area (Å²) in [5.74, 6) is -1.90. The maximum absolute atomic E-state index is 14.5. The number of aliphatic hydroxyl groups excluding tert-OH is 4. The van der Waals surface area contributed by atoms with Gasteiger partial charge in [0.1, 0.15) is 35.8 Å². The number of carbonyl (C=O) groups is 2. The fraction of sp³-hybridized carbons (Fsp3) is 0.231. The number of halogens is 1. The Morgan fingerprint density at radius 3 is 2.41 bits per heavy atom. The van der Waals surface area contributed by atoms with Crippen LogP contribution in [-0.2, 0) is 4.74 Å². The van der Waals surface area contributed by atoms with Crippen LogP contribution in [0.4, 0.5) is 4.39 Å². The lowest BCUT2D eigenvalue weighted by Crippen LogP contribution is -2.56. The minimum absolute atomic E-state index is 0.0259. The number of furan rings is 1. The Kier molecular flexibility index (Phi) is 4.57. The van der Waals surface area contributed by atoms with Crippen LogP contribution in [0.2, 0.25) is 0 Å². The van der Waals surface area contributed by atoms with Gasteiger partial charge in [-0.05, 0) is 24.3 Å². The molecule has 2 aromatic heterocycles. The third-order valence-corrected chi connectivity index (χ3v) is 7.33. The van der Waals surface area contributed by atoms with Gasteiger partial charge in [0.25, 0.3) is 11.8 Å². The van der Waals surface area contributed by atoms with Gasteiger partial charge in [-0.3, -0.25) is 14.9 Å². The van der Waals surface area contributed by atoms with E-state index in [1.165, 1.54) is 22.8 Å². The predicted octanol–water partition coefficient (Wildman–Crippen LogP) is 1.69. The van der Waals surface area contributed by atoms with E-state index in [-0.39, 0.29) is 33.0 Å².